The molecule has 212 valence electrons. The Balaban J connectivity index is 2.01. The van der Waals surface area contributed by atoms with Crippen LogP contribution in [0.1, 0.15) is 74.9 Å². The highest BCUT2D eigenvalue weighted by molar-refractivity contribution is 5.88. The van der Waals surface area contributed by atoms with E-state index in [4.69, 9.17) is 14.5 Å². The molecule has 0 aliphatic heterocycles. The summed E-state index contributed by atoms with van der Waals surface area (Å²) in [6.07, 6.45) is -6.77. The Bertz CT molecular complexity index is 940. The molecule has 2 unspecified atom stereocenters. The van der Waals surface area contributed by atoms with Gasteiger partial charge in [-0.2, -0.15) is 22.4 Å². The van der Waals surface area contributed by atoms with Crippen molar-refractivity contribution in [1.82, 2.24) is 0 Å². The van der Waals surface area contributed by atoms with Gasteiger partial charge in [0.25, 0.3) is 0 Å². The van der Waals surface area contributed by atoms with Crippen LogP contribution in [0, 0.1) is 5.92 Å². The molecule has 0 spiro atoms. The van der Waals surface area contributed by atoms with E-state index >= 15 is 0 Å². The smallest absolute Gasteiger partial charge is 0.426 e. The molecule has 0 N–H and O–H groups in total. The van der Waals surface area contributed by atoms with Crippen molar-refractivity contribution in [2.24, 2.45) is 5.92 Å². The highest BCUT2D eigenvalue weighted by Gasteiger charge is 2.61. The SMILES string of the molecule is CCCCOCCOC(F)(F)C(F)(F)Oc1ccc(C(CCC(C)CC)OOC(=O)c2ccccc2)cc1. The molecule has 2 aromatic carbocycles. The molecule has 2 aromatic rings. The van der Waals surface area contributed by atoms with Gasteiger partial charge in [-0.1, -0.05) is 63.9 Å². The van der Waals surface area contributed by atoms with Crippen molar-refractivity contribution in [3.8, 4) is 5.75 Å². The van der Waals surface area contributed by atoms with Crippen LogP contribution in [-0.2, 0) is 19.2 Å². The zero-order chi connectivity index (χ0) is 28.0. The Morgan fingerprint density at radius 2 is 1.55 bits per heavy atom. The molecule has 6 nitrogen and oxygen atoms in total. The second-order valence-corrected chi connectivity index (χ2v) is 8.93. The van der Waals surface area contributed by atoms with Crippen LogP contribution in [-0.4, -0.2) is 38.0 Å². The van der Waals surface area contributed by atoms with Crippen molar-refractivity contribution in [1.29, 1.82) is 0 Å². The first kappa shape index (κ1) is 31.5. The molecular formula is C28H36F4O6. The van der Waals surface area contributed by atoms with Crippen LogP contribution in [0.2, 0.25) is 0 Å². The Hall–Kier alpha value is -2.69. The number of carbonyl (C=O) groups is 1. The number of ether oxygens (including phenoxy) is 3. The summed E-state index contributed by atoms with van der Waals surface area (Å²) in [7, 11) is 0. The van der Waals surface area contributed by atoms with Crippen molar-refractivity contribution < 1.29 is 46.3 Å². The number of hydrogen-bond donors (Lipinski definition) is 0. The lowest BCUT2D eigenvalue weighted by atomic mass is 9.97. The van der Waals surface area contributed by atoms with Gasteiger partial charge in [0.05, 0.1) is 18.8 Å². The van der Waals surface area contributed by atoms with Gasteiger partial charge in [-0.25, -0.2) is 4.79 Å². The fraction of sp³-hybridized carbons (Fsp3) is 0.536. The van der Waals surface area contributed by atoms with Crippen LogP contribution in [0.15, 0.2) is 54.6 Å². The third kappa shape index (κ3) is 10.2. The molecule has 0 saturated heterocycles. The van der Waals surface area contributed by atoms with Crippen molar-refractivity contribution in [3.05, 3.63) is 65.7 Å². The zero-order valence-electron chi connectivity index (χ0n) is 22.0. The van der Waals surface area contributed by atoms with Crippen LogP contribution in [0.3, 0.4) is 0 Å². The minimum Gasteiger partial charge on any atom is -0.426 e. The van der Waals surface area contributed by atoms with E-state index in [1.807, 2.05) is 13.8 Å². The Morgan fingerprint density at radius 3 is 2.18 bits per heavy atom. The van der Waals surface area contributed by atoms with Crippen molar-refractivity contribution >= 4 is 5.97 Å². The number of rotatable bonds is 18. The summed E-state index contributed by atoms with van der Waals surface area (Å²) in [4.78, 5) is 22.7. The summed E-state index contributed by atoms with van der Waals surface area (Å²) in [6.45, 7) is 5.41. The van der Waals surface area contributed by atoms with E-state index in [1.165, 1.54) is 12.1 Å². The van der Waals surface area contributed by atoms with Crippen LogP contribution >= 0.6 is 0 Å². The van der Waals surface area contributed by atoms with Crippen molar-refractivity contribution in [3.63, 3.8) is 0 Å². The molecule has 10 heteroatoms. The van der Waals surface area contributed by atoms with Crippen molar-refractivity contribution in [2.45, 2.75) is 71.2 Å². The van der Waals surface area contributed by atoms with Crippen molar-refractivity contribution in [2.75, 3.05) is 19.8 Å². The minimum atomic E-state index is -4.92. The van der Waals surface area contributed by atoms with Crippen LogP contribution in [0.4, 0.5) is 17.6 Å². The van der Waals surface area contributed by atoms with Crippen LogP contribution in [0.5, 0.6) is 5.75 Å². The third-order valence-electron chi connectivity index (χ3n) is 5.86. The first-order valence-electron chi connectivity index (χ1n) is 12.8. The number of carbonyl (C=O) groups excluding carboxylic acids is 1. The maximum Gasteiger partial charge on any atom is 0.494 e. The molecular weight excluding hydrogens is 508 g/mol. The molecule has 0 amide bonds. The molecule has 0 heterocycles. The first-order chi connectivity index (χ1) is 18.1. The van der Waals surface area contributed by atoms with Gasteiger partial charge in [-0.3, -0.25) is 4.89 Å². The standard InChI is InChI=1S/C28H36F4O6/c1-4-6-18-34-19-20-35-27(29,30)28(31,32)36-24-15-13-22(14-16-24)25(17-12-21(3)5-2)37-38-26(33)23-10-8-7-9-11-23/h7-11,13-16,21,25H,4-6,12,17-20H2,1-3H3. The fourth-order valence-electron chi connectivity index (χ4n) is 3.25. The van der Waals surface area contributed by atoms with Gasteiger partial charge in [0.15, 0.2) is 0 Å². The van der Waals surface area contributed by atoms with E-state index in [1.54, 1.807) is 30.3 Å². The molecule has 0 fully saturated rings. The Labute approximate surface area is 221 Å². The molecule has 2 atom stereocenters. The van der Waals surface area contributed by atoms with Gasteiger partial charge in [0.1, 0.15) is 11.9 Å². The normalized spacial score (nSPS) is 13.7. The van der Waals surface area contributed by atoms with E-state index in [9.17, 15) is 22.4 Å². The summed E-state index contributed by atoms with van der Waals surface area (Å²) in [5.74, 6) is -0.814. The lowest BCUT2D eigenvalue weighted by molar-refractivity contribution is -0.408. The maximum atomic E-state index is 14.2. The summed E-state index contributed by atoms with van der Waals surface area (Å²) in [6, 6.07) is 13.3. The minimum absolute atomic E-state index is 0.243. The lowest BCUT2D eigenvalue weighted by Gasteiger charge is -2.26. The van der Waals surface area contributed by atoms with Gasteiger partial charge in [0.2, 0.25) is 0 Å². The van der Waals surface area contributed by atoms with Gasteiger partial charge in [-0.15, -0.1) is 0 Å². The lowest BCUT2D eigenvalue weighted by Crippen LogP contribution is -2.47. The van der Waals surface area contributed by atoms with E-state index in [0.717, 1.165) is 37.8 Å². The van der Waals surface area contributed by atoms with E-state index in [-0.39, 0.29) is 6.61 Å². The highest BCUT2D eigenvalue weighted by Crippen LogP contribution is 2.38. The Morgan fingerprint density at radius 1 is 0.868 bits per heavy atom. The second kappa shape index (κ2) is 15.7. The largest absolute Gasteiger partial charge is 0.494 e. The molecule has 0 saturated carbocycles. The number of hydrogen-bond acceptors (Lipinski definition) is 6. The zero-order valence-corrected chi connectivity index (χ0v) is 22.0. The molecule has 38 heavy (non-hydrogen) atoms. The topological polar surface area (TPSA) is 63.2 Å². The highest BCUT2D eigenvalue weighted by atomic mass is 19.3. The summed E-state index contributed by atoms with van der Waals surface area (Å²) in [5.41, 5.74) is 0.798. The molecule has 0 aliphatic rings. The predicted octanol–water partition coefficient (Wildman–Crippen LogP) is 7.74. The van der Waals surface area contributed by atoms with E-state index in [0.29, 0.717) is 30.1 Å². The monoisotopic (exact) mass is 544 g/mol. The second-order valence-electron chi connectivity index (χ2n) is 8.93. The van der Waals surface area contributed by atoms with E-state index < -0.39 is 36.6 Å². The number of alkyl halides is 4. The quantitative estimate of drug-likeness (QED) is 0.0828. The maximum absolute atomic E-state index is 14.2. The third-order valence-corrected chi connectivity index (χ3v) is 5.86. The van der Waals surface area contributed by atoms with Gasteiger partial charge >= 0.3 is 18.2 Å². The number of benzene rings is 2. The molecule has 2 rings (SSSR count). The van der Waals surface area contributed by atoms with E-state index in [2.05, 4.69) is 16.4 Å². The first-order valence-corrected chi connectivity index (χ1v) is 12.8. The molecule has 0 radical (unpaired) electrons. The number of unbranched alkanes of at least 4 members (excludes halogenated alkanes) is 1. The van der Waals surface area contributed by atoms with Crippen LogP contribution < -0.4 is 4.74 Å². The fourth-order valence-corrected chi connectivity index (χ4v) is 3.25. The summed E-state index contributed by atoms with van der Waals surface area (Å²) >= 11 is 0. The average molecular weight is 545 g/mol. The summed E-state index contributed by atoms with van der Waals surface area (Å²) < 4.78 is 69.7. The number of halogens is 4. The van der Waals surface area contributed by atoms with Gasteiger partial charge in [0, 0.05) is 6.61 Å². The van der Waals surface area contributed by atoms with Gasteiger partial charge < -0.3 is 14.2 Å². The molecule has 0 aromatic heterocycles. The van der Waals surface area contributed by atoms with Crippen LogP contribution in [0.25, 0.3) is 0 Å². The Kier molecular flexibility index (Phi) is 13.0. The summed E-state index contributed by atoms with van der Waals surface area (Å²) in [5, 5.41) is 0. The van der Waals surface area contributed by atoms with Gasteiger partial charge in [-0.05, 0) is 55.0 Å². The molecule has 0 bridgehead atoms. The molecule has 0 aliphatic carbocycles. The predicted molar refractivity (Wildman–Crippen MR) is 133 cm³/mol. The average Bonchev–Trinajstić information content (AvgIpc) is 2.91.